The van der Waals surface area contributed by atoms with E-state index in [0.717, 1.165) is 34.8 Å². The van der Waals surface area contributed by atoms with E-state index < -0.39 is 0 Å². The van der Waals surface area contributed by atoms with Crippen molar-refractivity contribution in [2.24, 2.45) is 11.3 Å². The maximum atomic E-state index is 12.8. The van der Waals surface area contributed by atoms with E-state index in [-0.39, 0.29) is 17.2 Å². The van der Waals surface area contributed by atoms with Crippen molar-refractivity contribution in [2.75, 3.05) is 11.9 Å². The molecule has 1 atom stereocenters. The summed E-state index contributed by atoms with van der Waals surface area (Å²) in [6.07, 6.45) is 2.23. The van der Waals surface area contributed by atoms with E-state index in [1.165, 1.54) is 0 Å². The minimum absolute atomic E-state index is 0.0427. The minimum atomic E-state index is 0.0427. The molecule has 0 saturated carbocycles. The van der Waals surface area contributed by atoms with Crippen molar-refractivity contribution in [3.05, 3.63) is 77.6 Å². The third-order valence-corrected chi connectivity index (χ3v) is 6.12. The molecule has 2 aromatic carbocycles. The number of furan rings is 1. The minimum Gasteiger partial charge on any atom is -0.461 e. The number of amides is 2. The molecule has 0 saturated heterocycles. The summed E-state index contributed by atoms with van der Waals surface area (Å²) in [6, 6.07) is 19.2. The van der Waals surface area contributed by atoms with Gasteiger partial charge in [0, 0.05) is 48.3 Å². The third kappa shape index (κ3) is 5.96. The summed E-state index contributed by atoms with van der Waals surface area (Å²) in [6.45, 7) is 9.92. The molecule has 1 aromatic heterocycles. The highest BCUT2D eigenvalue weighted by Gasteiger charge is 2.25. The van der Waals surface area contributed by atoms with Crippen LogP contribution in [0, 0.1) is 11.3 Å². The number of nitrogens with one attached hydrogen (secondary N) is 1. The smallest absolute Gasteiger partial charge is 0.254 e. The van der Waals surface area contributed by atoms with Crippen molar-refractivity contribution in [1.82, 2.24) is 4.90 Å². The highest BCUT2D eigenvalue weighted by Crippen LogP contribution is 2.31. The molecule has 2 heterocycles. The first-order valence-electron chi connectivity index (χ1n) is 12.0. The average molecular weight is 459 g/mol. The van der Waals surface area contributed by atoms with Crippen molar-refractivity contribution in [3.8, 4) is 11.3 Å². The van der Waals surface area contributed by atoms with Crippen LogP contribution in [-0.2, 0) is 17.8 Å². The van der Waals surface area contributed by atoms with Crippen molar-refractivity contribution in [3.63, 3.8) is 0 Å². The molecule has 1 N–H and O–H groups in total. The summed E-state index contributed by atoms with van der Waals surface area (Å²) in [5.74, 6) is 2.15. The topological polar surface area (TPSA) is 62.6 Å². The van der Waals surface area contributed by atoms with Crippen LogP contribution in [0.5, 0.6) is 0 Å². The predicted molar refractivity (Wildman–Crippen MR) is 136 cm³/mol. The van der Waals surface area contributed by atoms with Gasteiger partial charge < -0.3 is 14.6 Å². The van der Waals surface area contributed by atoms with Crippen molar-refractivity contribution >= 4 is 17.5 Å². The molecule has 5 heteroatoms. The predicted octanol–water partition coefficient (Wildman–Crippen LogP) is 6.55. The Hall–Kier alpha value is -3.34. The first kappa shape index (κ1) is 23.8. The second kappa shape index (κ2) is 9.88. The monoisotopic (exact) mass is 458 g/mol. The highest BCUT2D eigenvalue weighted by molar-refractivity contribution is 5.94. The Balaban J connectivity index is 1.38. The number of hydrogen-bond acceptors (Lipinski definition) is 3. The van der Waals surface area contributed by atoms with Gasteiger partial charge in [-0.15, -0.1) is 0 Å². The van der Waals surface area contributed by atoms with Gasteiger partial charge in [-0.05, 0) is 60.2 Å². The number of carbonyl (C=O) groups excluding carboxylic acids is 2. The Kier molecular flexibility index (Phi) is 6.92. The lowest BCUT2D eigenvalue weighted by atomic mass is 9.84. The van der Waals surface area contributed by atoms with Gasteiger partial charge in [0.05, 0.1) is 0 Å². The zero-order valence-corrected chi connectivity index (χ0v) is 20.6. The fraction of sp³-hybridized carbons (Fsp3) is 0.379. The molecule has 0 fully saturated rings. The van der Waals surface area contributed by atoms with Crippen LogP contribution < -0.4 is 5.32 Å². The molecule has 0 bridgehead atoms. The molecular weight excluding hydrogens is 424 g/mol. The number of carbonyl (C=O) groups is 2. The highest BCUT2D eigenvalue weighted by atomic mass is 16.3. The van der Waals surface area contributed by atoms with Gasteiger partial charge in [-0.25, -0.2) is 0 Å². The number of nitrogens with zero attached hydrogens (tertiary/aromatic N) is 1. The lowest BCUT2D eigenvalue weighted by molar-refractivity contribution is -0.117. The average Bonchev–Trinajstić information content (AvgIpc) is 3.21. The van der Waals surface area contributed by atoms with E-state index in [2.05, 4.69) is 33.0 Å². The van der Waals surface area contributed by atoms with Gasteiger partial charge in [0.15, 0.2) is 0 Å². The van der Waals surface area contributed by atoms with Crippen LogP contribution in [0.3, 0.4) is 0 Å². The van der Waals surface area contributed by atoms with E-state index in [9.17, 15) is 9.59 Å². The molecule has 1 aliphatic heterocycles. The fourth-order valence-corrected chi connectivity index (χ4v) is 4.78. The molecule has 3 aromatic rings. The molecule has 0 radical (unpaired) electrons. The summed E-state index contributed by atoms with van der Waals surface area (Å²) < 4.78 is 6.12. The fourth-order valence-electron chi connectivity index (χ4n) is 4.78. The standard InChI is InChI=1S/C29H34N2O3/c1-20(18-29(2,3)4)16-27(32)30-24-12-10-21(11-13-24)26-17-23-19-31(15-14-25(23)34-26)28(33)22-8-6-5-7-9-22/h5-13,17,20H,14-16,18-19H2,1-4H3,(H,30,32). The maximum Gasteiger partial charge on any atom is 0.254 e. The number of rotatable bonds is 6. The van der Waals surface area contributed by atoms with E-state index in [1.54, 1.807) is 0 Å². The van der Waals surface area contributed by atoms with Crippen LogP contribution in [0.25, 0.3) is 11.3 Å². The van der Waals surface area contributed by atoms with E-state index >= 15 is 0 Å². The van der Waals surface area contributed by atoms with Crippen molar-refractivity contribution in [2.45, 2.75) is 53.5 Å². The van der Waals surface area contributed by atoms with Gasteiger partial charge in [-0.1, -0.05) is 45.9 Å². The van der Waals surface area contributed by atoms with E-state index in [1.807, 2.05) is 65.6 Å². The van der Waals surface area contributed by atoms with Gasteiger partial charge in [-0.3, -0.25) is 9.59 Å². The van der Waals surface area contributed by atoms with Gasteiger partial charge >= 0.3 is 0 Å². The van der Waals surface area contributed by atoms with Crippen LogP contribution in [-0.4, -0.2) is 23.3 Å². The summed E-state index contributed by atoms with van der Waals surface area (Å²) in [5.41, 5.74) is 3.72. The Morgan fingerprint density at radius 1 is 1.06 bits per heavy atom. The summed E-state index contributed by atoms with van der Waals surface area (Å²) in [4.78, 5) is 27.1. The summed E-state index contributed by atoms with van der Waals surface area (Å²) in [7, 11) is 0. The first-order chi connectivity index (χ1) is 16.2. The Morgan fingerprint density at radius 3 is 2.44 bits per heavy atom. The molecule has 34 heavy (non-hydrogen) atoms. The largest absolute Gasteiger partial charge is 0.461 e. The molecule has 2 amide bonds. The maximum absolute atomic E-state index is 12.8. The Labute approximate surface area is 202 Å². The number of benzene rings is 2. The quantitative estimate of drug-likeness (QED) is 0.456. The molecule has 5 nitrogen and oxygen atoms in total. The lowest BCUT2D eigenvalue weighted by Crippen LogP contribution is -2.35. The zero-order valence-electron chi connectivity index (χ0n) is 20.6. The van der Waals surface area contributed by atoms with Crippen molar-refractivity contribution < 1.29 is 14.0 Å². The Morgan fingerprint density at radius 2 is 1.76 bits per heavy atom. The second-order valence-corrected chi connectivity index (χ2v) is 10.6. The van der Waals surface area contributed by atoms with Gasteiger partial charge in [-0.2, -0.15) is 0 Å². The lowest BCUT2D eigenvalue weighted by Gasteiger charge is -2.26. The molecule has 0 spiro atoms. The van der Waals surface area contributed by atoms with Crippen LogP contribution in [0.1, 0.15) is 62.2 Å². The number of hydrogen-bond donors (Lipinski definition) is 1. The van der Waals surface area contributed by atoms with Gasteiger partial charge in [0.2, 0.25) is 5.91 Å². The van der Waals surface area contributed by atoms with Crippen LogP contribution >= 0.6 is 0 Å². The van der Waals surface area contributed by atoms with Gasteiger partial charge in [0.1, 0.15) is 11.5 Å². The molecule has 4 rings (SSSR count). The molecule has 1 aliphatic rings. The molecule has 1 unspecified atom stereocenters. The number of anilines is 1. The third-order valence-electron chi connectivity index (χ3n) is 6.12. The summed E-state index contributed by atoms with van der Waals surface area (Å²) in [5, 5.41) is 3.01. The second-order valence-electron chi connectivity index (χ2n) is 10.6. The van der Waals surface area contributed by atoms with Gasteiger partial charge in [0.25, 0.3) is 5.91 Å². The first-order valence-corrected chi connectivity index (χ1v) is 12.0. The Bertz CT molecular complexity index is 1140. The summed E-state index contributed by atoms with van der Waals surface area (Å²) >= 11 is 0. The van der Waals surface area contributed by atoms with Crippen LogP contribution in [0.15, 0.2) is 65.1 Å². The SMILES string of the molecule is CC(CC(=O)Nc1ccc(-c2cc3c(o2)CCN(C(=O)c2ccccc2)C3)cc1)CC(C)(C)C. The molecular formula is C29H34N2O3. The number of fused-ring (bicyclic) bond motifs is 1. The van der Waals surface area contributed by atoms with Crippen LogP contribution in [0.2, 0.25) is 0 Å². The van der Waals surface area contributed by atoms with Crippen molar-refractivity contribution in [1.29, 1.82) is 0 Å². The normalized spacial score (nSPS) is 14.4. The van der Waals surface area contributed by atoms with Crippen LogP contribution in [0.4, 0.5) is 5.69 Å². The van der Waals surface area contributed by atoms with E-state index in [0.29, 0.717) is 37.4 Å². The molecule has 178 valence electrons. The molecule has 0 aliphatic carbocycles. The zero-order chi connectivity index (χ0) is 24.3. The van der Waals surface area contributed by atoms with E-state index in [4.69, 9.17) is 4.42 Å².